The van der Waals surface area contributed by atoms with E-state index < -0.39 is 11.9 Å². The number of hydrogen-bond acceptors (Lipinski definition) is 5. The molecule has 0 unspecified atom stereocenters. The van der Waals surface area contributed by atoms with Gasteiger partial charge in [0, 0.05) is 11.3 Å². The fourth-order valence-electron chi connectivity index (χ4n) is 0.886. The summed E-state index contributed by atoms with van der Waals surface area (Å²) in [5, 5.41) is 27.7. The molecule has 7 nitrogen and oxygen atoms in total. The Bertz CT molecular complexity index is 469. The van der Waals surface area contributed by atoms with E-state index in [0.717, 1.165) is 6.08 Å². The molecule has 0 heterocycles. The predicted octanol–water partition coefficient (Wildman–Crippen LogP) is 1.19. The maximum atomic E-state index is 10.6. The quantitative estimate of drug-likeness (QED) is 0.422. The molecule has 0 fully saturated rings. The minimum absolute atomic E-state index is 0.169. The first-order chi connectivity index (χ1) is 8.40. The number of carboxylic acids is 1. The molecule has 1 rings (SSSR count). The zero-order valence-electron chi connectivity index (χ0n) is 9.24. The van der Waals surface area contributed by atoms with Crippen molar-refractivity contribution in [2.24, 2.45) is 5.18 Å². The number of hydrogen-bond donors (Lipinski definition) is 3. The van der Waals surface area contributed by atoms with E-state index in [1.807, 2.05) is 0 Å². The number of benzene rings is 1. The highest BCUT2D eigenvalue weighted by Gasteiger charge is 2.05. The lowest BCUT2D eigenvalue weighted by atomic mass is 10.1. The Labute approximate surface area is 102 Å². The molecular formula is C11H11NO6. The van der Waals surface area contributed by atoms with Gasteiger partial charge in [-0.15, -0.1) is 4.91 Å². The number of aliphatic carboxylic acids is 1. The molecule has 0 aliphatic heterocycles. The topological polar surface area (TPSA) is 124 Å². The van der Waals surface area contributed by atoms with Crippen molar-refractivity contribution in [3.8, 4) is 11.5 Å². The molecule has 0 aliphatic rings. The van der Waals surface area contributed by atoms with Gasteiger partial charge in [0.25, 0.3) is 5.91 Å². The third-order valence-electron chi connectivity index (χ3n) is 1.67. The van der Waals surface area contributed by atoms with Crippen molar-refractivity contribution in [2.75, 3.05) is 0 Å². The SMILES string of the molecule is C=CC(=O)O.O=NC(=O)Cc1ccc(O)c(O)c1. The smallest absolute Gasteiger partial charge is 0.327 e. The molecule has 0 spiro atoms. The van der Waals surface area contributed by atoms with E-state index in [1.54, 1.807) is 0 Å². The average Bonchev–Trinajstić information content (AvgIpc) is 2.34. The number of carbonyl (C=O) groups is 2. The van der Waals surface area contributed by atoms with Crippen LogP contribution in [0.25, 0.3) is 0 Å². The van der Waals surface area contributed by atoms with Gasteiger partial charge in [0.2, 0.25) is 0 Å². The van der Waals surface area contributed by atoms with Crippen LogP contribution >= 0.6 is 0 Å². The maximum Gasteiger partial charge on any atom is 0.327 e. The van der Waals surface area contributed by atoms with Crippen molar-refractivity contribution in [3.63, 3.8) is 0 Å². The van der Waals surface area contributed by atoms with E-state index in [1.165, 1.54) is 18.2 Å². The zero-order chi connectivity index (χ0) is 14.1. The lowest BCUT2D eigenvalue weighted by Crippen LogP contribution is -1.96. The fourth-order valence-corrected chi connectivity index (χ4v) is 0.886. The normalized spacial score (nSPS) is 8.67. The third-order valence-corrected chi connectivity index (χ3v) is 1.67. The van der Waals surface area contributed by atoms with Crippen molar-refractivity contribution in [3.05, 3.63) is 41.3 Å². The van der Waals surface area contributed by atoms with E-state index in [-0.39, 0.29) is 17.9 Å². The van der Waals surface area contributed by atoms with Gasteiger partial charge < -0.3 is 15.3 Å². The molecule has 0 aromatic heterocycles. The second-order valence-corrected chi connectivity index (χ2v) is 3.03. The summed E-state index contributed by atoms with van der Waals surface area (Å²) in [4.78, 5) is 29.6. The van der Waals surface area contributed by atoms with Crippen molar-refractivity contribution in [1.29, 1.82) is 0 Å². The van der Waals surface area contributed by atoms with Crippen molar-refractivity contribution >= 4 is 11.9 Å². The van der Waals surface area contributed by atoms with Crippen molar-refractivity contribution < 1.29 is 24.9 Å². The molecule has 3 N–H and O–H groups in total. The number of nitrogens with zero attached hydrogens (tertiary/aromatic N) is 1. The summed E-state index contributed by atoms with van der Waals surface area (Å²) in [6.45, 7) is 2.96. The van der Waals surface area contributed by atoms with E-state index >= 15 is 0 Å². The Balaban J connectivity index is 0.000000494. The first-order valence-electron chi connectivity index (χ1n) is 4.63. The van der Waals surface area contributed by atoms with E-state index in [2.05, 4.69) is 11.8 Å². The molecule has 0 saturated carbocycles. The number of phenols is 2. The van der Waals surface area contributed by atoms with Crippen LogP contribution in [0.5, 0.6) is 11.5 Å². The van der Waals surface area contributed by atoms with Gasteiger partial charge in [-0.05, 0) is 17.7 Å². The third kappa shape index (κ3) is 6.01. The Morgan fingerprint density at radius 2 is 1.83 bits per heavy atom. The van der Waals surface area contributed by atoms with Crippen molar-refractivity contribution in [2.45, 2.75) is 6.42 Å². The number of aromatic hydroxyl groups is 2. The highest BCUT2D eigenvalue weighted by atomic mass is 16.4. The number of rotatable bonds is 3. The second-order valence-electron chi connectivity index (χ2n) is 3.03. The number of amides is 1. The molecule has 1 aromatic carbocycles. The predicted molar refractivity (Wildman–Crippen MR) is 62.1 cm³/mol. The first-order valence-corrected chi connectivity index (χ1v) is 4.63. The Morgan fingerprint density at radius 3 is 2.22 bits per heavy atom. The highest BCUT2D eigenvalue weighted by Crippen LogP contribution is 2.24. The van der Waals surface area contributed by atoms with Gasteiger partial charge in [0.15, 0.2) is 11.5 Å². The van der Waals surface area contributed by atoms with Crippen LogP contribution in [0.15, 0.2) is 36.0 Å². The molecule has 7 heteroatoms. The van der Waals surface area contributed by atoms with Gasteiger partial charge in [0.1, 0.15) is 0 Å². The van der Waals surface area contributed by atoms with Gasteiger partial charge in [-0.25, -0.2) is 4.79 Å². The molecule has 0 aliphatic carbocycles. The molecular weight excluding hydrogens is 242 g/mol. The summed E-state index contributed by atoms with van der Waals surface area (Å²) < 4.78 is 0. The van der Waals surface area contributed by atoms with Crippen LogP contribution in [-0.4, -0.2) is 27.2 Å². The van der Waals surface area contributed by atoms with Crippen LogP contribution in [0.1, 0.15) is 5.56 Å². The molecule has 1 amide bonds. The zero-order valence-corrected chi connectivity index (χ0v) is 9.24. The molecule has 0 atom stereocenters. The molecule has 96 valence electrons. The van der Waals surface area contributed by atoms with Crippen LogP contribution in [0.2, 0.25) is 0 Å². The first kappa shape index (κ1) is 15.3. The summed E-state index contributed by atoms with van der Waals surface area (Å²) in [6, 6.07) is 3.87. The lowest BCUT2D eigenvalue weighted by Gasteiger charge is -1.99. The van der Waals surface area contributed by atoms with Crippen LogP contribution in [0, 0.1) is 4.91 Å². The van der Waals surface area contributed by atoms with Crippen molar-refractivity contribution in [1.82, 2.24) is 0 Å². The van der Waals surface area contributed by atoms with Gasteiger partial charge in [-0.3, -0.25) is 4.79 Å². The summed E-state index contributed by atoms with van der Waals surface area (Å²) in [6.07, 6.45) is 0.664. The maximum absolute atomic E-state index is 10.6. The number of nitroso groups, excluding NO2 is 1. The molecule has 0 radical (unpaired) electrons. The lowest BCUT2D eigenvalue weighted by molar-refractivity contribution is -0.131. The van der Waals surface area contributed by atoms with Gasteiger partial charge in [0.05, 0.1) is 6.42 Å². The summed E-state index contributed by atoms with van der Waals surface area (Å²) >= 11 is 0. The minimum atomic E-state index is -0.981. The van der Waals surface area contributed by atoms with Gasteiger partial charge in [-0.1, -0.05) is 12.6 Å². The molecule has 18 heavy (non-hydrogen) atoms. The number of carboxylic acid groups (broad SMARTS) is 1. The van der Waals surface area contributed by atoms with Crippen LogP contribution in [-0.2, 0) is 16.0 Å². The number of carbonyl (C=O) groups excluding carboxylic acids is 1. The average molecular weight is 253 g/mol. The monoisotopic (exact) mass is 253 g/mol. The summed E-state index contributed by atoms with van der Waals surface area (Å²) in [5.41, 5.74) is 0.430. The van der Waals surface area contributed by atoms with E-state index in [9.17, 15) is 14.5 Å². The van der Waals surface area contributed by atoms with E-state index in [4.69, 9.17) is 15.3 Å². The van der Waals surface area contributed by atoms with E-state index in [0.29, 0.717) is 5.56 Å². The van der Waals surface area contributed by atoms with Crippen LogP contribution in [0.4, 0.5) is 0 Å². The van der Waals surface area contributed by atoms with Gasteiger partial charge >= 0.3 is 5.97 Å². The summed E-state index contributed by atoms with van der Waals surface area (Å²) in [5.74, 6) is -2.39. The Kier molecular flexibility index (Phi) is 6.42. The highest BCUT2D eigenvalue weighted by molar-refractivity contribution is 5.79. The van der Waals surface area contributed by atoms with Crippen LogP contribution < -0.4 is 0 Å². The molecule has 0 bridgehead atoms. The largest absolute Gasteiger partial charge is 0.504 e. The minimum Gasteiger partial charge on any atom is -0.504 e. The Morgan fingerprint density at radius 1 is 1.28 bits per heavy atom. The Hall–Kier alpha value is -2.70. The standard InChI is InChI=1S/C8H7NO4.C3H4O2/c10-6-2-1-5(3-7(6)11)4-8(12)9-13;1-2-3(4)5/h1-3,10-11H,4H2;2H,1H2,(H,4,5). The van der Waals surface area contributed by atoms with Gasteiger partial charge in [-0.2, -0.15) is 0 Å². The molecule has 1 aromatic rings. The molecule has 0 saturated heterocycles. The summed E-state index contributed by atoms with van der Waals surface area (Å²) in [7, 11) is 0. The fraction of sp³-hybridized carbons (Fsp3) is 0.0909. The number of phenolic OH excluding ortho intramolecular Hbond substituents is 2. The second kappa shape index (κ2) is 7.55. The van der Waals surface area contributed by atoms with Crippen LogP contribution in [0.3, 0.4) is 0 Å².